The first-order valence-corrected chi connectivity index (χ1v) is 6.19. The van der Waals surface area contributed by atoms with E-state index in [0.717, 1.165) is 17.0 Å². The van der Waals surface area contributed by atoms with Crippen molar-refractivity contribution in [3.05, 3.63) is 53.3 Å². The Bertz CT molecular complexity index is 474. The van der Waals surface area contributed by atoms with Gasteiger partial charge in [-0.15, -0.1) is 11.8 Å². The second-order valence-corrected chi connectivity index (χ2v) is 4.80. The molecule has 2 nitrogen and oxygen atoms in total. The summed E-state index contributed by atoms with van der Waals surface area (Å²) in [6.07, 6.45) is 3.57. The molecule has 1 heterocycles. The first-order valence-electron chi connectivity index (χ1n) is 4.82. The van der Waals surface area contributed by atoms with E-state index in [1.165, 1.54) is 4.90 Å². The van der Waals surface area contributed by atoms with Gasteiger partial charge in [0.15, 0.2) is 0 Å². The molecule has 0 fully saturated rings. The molecule has 16 heavy (non-hydrogen) atoms. The maximum atomic E-state index is 5.88. The molecule has 0 radical (unpaired) electrons. The van der Waals surface area contributed by atoms with E-state index in [4.69, 9.17) is 17.3 Å². The van der Waals surface area contributed by atoms with Gasteiger partial charge < -0.3 is 5.73 Å². The van der Waals surface area contributed by atoms with Crippen LogP contribution in [0.2, 0.25) is 5.02 Å². The van der Waals surface area contributed by atoms with Gasteiger partial charge in [0.05, 0.1) is 0 Å². The molecule has 82 valence electrons. The topological polar surface area (TPSA) is 38.9 Å². The fraction of sp³-hybridized carbons (Fsp3) is 0.0833. The van der Waals surface area contributed by atoms with Crippen molar-refractivity contribution in [3.63, 3.8) is 0 Å². The van der Waals surface area contributed by atoms with Gasteiger partial charge in [-0.1, -0.05) is 17.7 Å². The molecule has 0 bridgehead atoms. The third-order valence-corrected chi connectivity index (χ3v) is 3.45. The maximum absolute atomic E-state index is 5.88. The molecule has 4 heteroatoms. The number of hydrogen-bond acceptors (Lipinski definition) is 3. The summed E-state index contributed by atoms with van der Waals surface area (Å²) < 4.78 is 0. The lowest BCUT2D eigenvalue weighted by molar-refractivity contribution is 1.26. The summed E-state index contributed by atoms with van der Waals surface area (Å²) in [4.78, 5) is 5.16. The highest BCUT2D eigenvalue weighted by molar-refractivity contribution is 7.98. The lowest BCUT2D eigenvalue weighted by atomic mass is 10.2. The fourth-order valence-electron chi connectivity index (χ4n) is 1.29. The van der Waals surface area contributed by atoms with Gasteiger partial charge in [-0.25, -0.2) is 0 Å². The van der Waals surface area contributed by atoms with Gasteiger partial charge in [-0.2, -0.15) is 0 Å². The normalized spacial score (nSPS) is 10.3. The van der Waals surface area contributed by atoms with Crippen LogP contribution in [0.1, 0.15) is 5.56 Å². The van der Waals surface area contributed by atoms with E-state index in [2.05, 4.69) is 4.98 Å². The molecule has 0 saturated carbocycles. The maximum Gasteiger partial charge on any atom is 0.0426 e. The molecule has 1 aromatic carbocycles. The SMILES string of the molecule is Nc1cc(Cl)ccc1CSc1ccncc1. The van der Waals surface area contributed by atoms with Gasteiger partial charge in [0.1, 0.15) is 0 Å². The van der Waals surface area contributed by atoms with Crippen molar-refractivity contribution in [2.75, 3.05) is 5.73 Å². The summed E-state index contributed by atoms with van der Waals surface area (Å²) in [5, 5.41) is 0.676. The zero-order valence-corrected chi connectivity index (χ0v) is 10.1. The number of halogens is 1. The van der Waals surface area contributed by atoms with Crippen molar-refractivity contribution in [2.24, 2.45) is 0 Å². The third kappa shape index (κ3) is 2.90. The number of thioether (sulfide) groups is 1. The van der Waals surface area contributed by atoms with E-state index >= 15 is 0 Å². The van der Waals surface area contributed by atoms with E-state index in [1.807, 2.05) is 24.3 Å². The number of anilines is 1. The number of nitrogens with two attached hydrogens (primary N) is 1. The number of rotatable bonds is 3. The Morgan fingerprint density at radius 3 is 2.62 bits per heavy atom. The van der Waals surface area contributed by atoms with Crippen LogP contribution in [0.4, 0.5) is 5.69 Å². The van der Waals surface area contributed by atoms with E-state index in [-0.39, 0.29) is 0 Å². The van der Waals surface area contributed by atoms with Crippen LogP contribution >= 0.6 is 23.4 Å². The summed E-state index contributed by atoms with van der Waals surface area (Å²) in [6, 6.07) is 9.57. The summed E-state index contributed by atoms with van der Waals surface area (Å²) >= 11 is 7.57. The number of aromatic nitrogens is 1. The molecule has 0 aliphatic rings. The van der Waals surface area contributed by atoms with Gasteiger partial charge in [-0.3, -0.25) is 4.98 Å². The van der Waals surface area contributed by atoms with Crippen LogP contribution in [0.25, 0.3) is 0 Å². The van der Waals surface area contributed by atoms with Crippen molar-refractivity contribution in [1.29, 1.82) is 0 Å². The zero-order valence-electron chi connectivity index (χ0n) is 8.56. The van der Waals surface area contributed by atoms with Crippen LogP contribution in [-0.2, 0) is 5.75 Å². The molecular weight excluding hydrogens is 240 g/mol. The molecule has 2 rings (SSSR count). The van der Waals surface area contributed by atoms with Crippen LogP contribution < -0.4 is 5.73 Å². The van der Waals surface area contributed by atoms with Crippen LogP contribution in [-0.4, -0.2) is 4.98 Å². The molecule has 0 atom stereocenters. The highest BCUT2D eigenvalue weighted by atomic mass is 35.5. The summed E-state index contributed by atoms with van der Waals surface area (Å²) in [5.41, 5.74) is 7.72. The highest BCUT2D eigenvalue weighted by Crippen LogP contribution is 2.26. The van der Waals surface area contributed by atoms with Crippen LogP contribution in [0, 0.1) is 0 Å². The summed E-state index contributed by atoms with van der Waals surface area (Å²) in [5.74, 6) is 0.840. The van der Waals surface area contributed by atoms with Crippen molar-refractivity contribution in [1.82, 2.24) is 4.98 Å². The molecule has 0 unspecified atom stereocenters. The molecule has 0 spiro atoms. The zero-order chi connectivity index (χ0) is 11.4. The van der Waals surface area contributed by atoms with Gasteiger partial charge in [-0.05, 0) is 29.8 Å². The van der Waals surface area contributed by atoms with Crippen molar-refractivity contribution >= 4 is 29.1 Å². The minimum absolute atomic E-state index is 0.676. The largest absolute Gasteiger partial charge is 0.398 e. The lowest BCUT2D eigenvalue weighted by Crippen LogP contribution is -1.92. The average Bonchev–Trinajstić information content (AvgIpc) is 2.29. The van der Waals surface area contributed by atoms with E-state index in [0.29, 0.717) is 5.02 Å². The number of hydrogen-bond donors (Lipinski definition) is 1. The van der Waals surface area contributed by atoms with Gasteiger partial charge in [0.25, 0.3) is 0 Å². The smallest absolute Gasteiger partial charge is 0.0426 e. The first kappa shape index (κ1) is 11.3. The Hall–Kier alpha value is -1.19. The monoisotopic (exact) mass is 250 g/mol. The predicted octanol–water partition coefficient (Wildman–Crippen LogP) is 3.61. The van der Waals surface area contributed by atoms with Crippen LogP contribution in [0.3, 0.4) is 0 Å². The fourth-order valence-corrected chi connectivity index (χ4v) is 2.37. The Kier molecular flexibility index (Phi) is 3.70. The van der Waals surface area contributed by atoms with Crippen LogP contribution in [0.5, 0.6) is 0 Å². The molecule has 2 aromatic rings. The van der Waals surface area contributed by atoms with E-state index in [9.17, 15) is 0 Å². The molecule has 0 aliphatic heterocycles. The molecule has 0 aliphatic carbocycles. The molecule has 1 aromatic heterocycles. The third-order valence-electron chi connectivity index (χ3n) is 2.15. The lowest BCUT2D eigenvalue weighted by Gasteiger charge is -2.05. The quantitative estimate of drug-likeness (QED) is 0.668. The average molecular weight is 251 g/mol. The van der Waals surface area contributed by atoms with Gasteiger partial charge >= 0.3 is 0 Å². The van der Waals surface area contributed by atoms with E-state index in [1.54, 1.807) is 30.2 Å². The second kappa shape index (κ2) is 5.23. The second-order valence-electron chi connectivity index (χ2n) is 3.31. The summed E-state index contributed by atoms with van der Waals surface area (Å²) in [7, 11) is 0. The first-order chi connectivity index (χ1) is 7.75. The van der Waals surface area contributed by atoms with Gasteiger partial charge in [0.2, 0.25) is 0 Å². The molecule has 2 N–H and O–H groups in total. The van der Waals surface area contributed by atoms with Crippen LogP contribution in [0.15, 0.2) is 47.6 Å². The van der Waals surface area contributed by atoms with Crippen molar-refractivity contribution in [2.45, 2.75) is 10.6 Å². The molecule has 0 amide bonds. The standard InChI is InChI=1S/C12H11ClN2S/c13-10-2-1-9(12(14)7-10)8-16-11-3-5-15-6-4-11/h1-7H,8,14H2. The number of pyridine rings is 1. The highest BCUT2D eigenvalue weighted by Gasteiger charge is 2.01. The Balaban J connectivity index is 2.05. The predicted molar refractivity (Wildman–Crippen MR) is 69.7 cm³/mol. The van der Waals surface area contributed by atoms with E-state index < -0.39 is 0 Å². The number of benzene rings is 1. The van der Waals surface area contributed by atoms with Crippen molar-refractivity contribution < 1.29 is 0 Å². The summed E-state index contributed by atoms with van der Waals surface area (Å²) in [6.45, 7) is 0. The van der Waals surface area contributed by atoms with Gasteiger partial charge in [0, 0.05) is 33.8 Å². The molecular formula is C12H11ClN2S. The minimum Gasteiger partial charge on any atom is -0.398 e. The number of nitrogen functional groups attached to an aromatic ring is 1. The molecule has 0 saturated heterocycles. The Morgan fingerprint density at radius 1 is 1.19 bits per heavy atom. The van der Waals surface area contributed by atoms with Crippen molar-refractivity contribution in [3.8, 4) is 0 Å². The Labute approximate surface area is 104 Å². The number of nitrogens with zero attached hydrogens (tertiary/aromatic N) is 1. The Morgan fingerprint density at radius 2 is 1.94 bits per heavy atom. The minimum atomic E-state index is 0.676.